The van der Waals surface area contributed by atoms with Crippen molar-refractivity contribution in [3.05, 3.63) is 0 Å². The summed E-state index contributed by atoms with van der Waals surface area (Å²) < 4.78 is 0. The number of nitrogens with zero attached hydrogens (tertiary/aromatic N) is 2. The summed E-state index contributed by atoms with van der Waals surface area (Å²) in [6.45, 7) is 5.37. The van der Waals surface area contributed by atoms with E-state index in [1.54, 1.807) is 0 Å². The summed E-state index contributed by atoms with van der Waals surface area (Å²) in [5.74, 6) is 1.63. The molecule has 2 saturated carbocycles. The Morgan fingerprint density at radius 2 is 1.67 bits per heavy atom. The summed E-state index contributed by atoms with van der Waals surface area (Å²) in [6.07, 6.45) is 9.63. The summed E-state index contributed by atoms with van der Waals surface area (Å²) >= 11 is 0. The molecular weight excluding hydrogens is 262 g/mol. The highest BCUT2D eigenvalue weighted by Gasteiger charge is 2.30. The lowest BCUT2D eigenvalue weighted by molar-refractivity contribution is -0.138. The third-order valence-corrected chi connectivity index (χ3v) is 5.76. The van der Waals surface area contributed by atoms with Gasteiger partial charge in [-0.1, -0.05) is 6.42 Å². The molecule has 0 unspecified atom stereocenters. The molecule has 3 aliphatic rings. The quantitative estimate of drug-likeness (QED) is 0.864. The third-order valence-electron chi connectivity index (χ3n) is 5.76. The summed E-state index contributed by atoms with van der Waals surface area (Å²) in [5.41, 5.74) is 6.00. The summed E-state index contributed by atoms with van der Waals surface area (Å²) in [7, 11) is 0. The number of hydrogen-bond acceptors (Lipinski definition) is 3. The largest absolute Gasteiger partial charge is 0.341 e. The van der Waals surface area contributed by atoms with E-state index in [1.165, 1.54) is 38.6 Å². The SMILES string of the molecule is NC1CCC(CN2CCCN(C(=O)C3CCC3)CC2)CC1. The highest BCUT2D eigenvalue weighted by Crippen LogP contribution is 2.29. The number of nitrogens with two attached hydrogens (primary N) is 1. The van der Waals surface area contributed by atoms with Crippen LogP contribution in [0.15, 0.2) is 0 Å². The van der Waals surface area contributed by atoms with Crippen molar-refractivity contribution in [3.8, 4) is 0 Å². The molecule has 4 heteroatoms. The smallest absolute Gasteiger partial charge is 0.225 e. The first-order valence-corrected chi connectivity index (χ1v) is 8.99. The second kappa shape index (κ2) is 7.10. The van der Waals surface area contributed by atoms with Gasteiger partial charge in [-0.3, -0.25) is 4.79 Å². The molecule has 3 fully saturated rings. The molecule has 0 bridgehead atoms. The molecular formula is C17H31N3O. The Labute approximate surface area is 129 Å². The van der Waals surface area contributed by atoms with E-state index < -0.39 is 0 Å². The fraction of sp³-hybridized carbons (Fsp3) is 0.941. The van der Waals surface area contributed by atoms with Crippen molar-refractivity contribution in [3.63, 3.8) is 0 Å². The average Bonchev–Trinajstić information content (AvgIpc) is 2.65. The number of carbonyl (C=O) groups is 1. The minimum Gasteiger partial charge on any atom is -0.341 e. The first kappa shape index (κ1) is 15.3. The zero-order chi connectivity index (χ0) is 14.7. The number of carbonyl (C=O) groups excluding carboxylic acids is 1. The number of rotatable bonds is 3. The van der Waals surface area contributed by atoms with Crippen LogP contribution < -0.4 is 5.73 Å². The van der Waals surface area contributed by atoms with Crippen LogP contribution in [0, 0.1) is 11.8 Å². The molecule has 1 amide bonds. The second-order valence-corrected chi connectivity index (χ2v) is 7.39. The van der Waals surface area contributed by atoms with Crippen LogP contribution in [0.4, 0.5) is 0 Å². The van der Waals surface area contributed by atoms with Crippen LogP contribution in [0.3, 0.4) is 0 Å². The van der Waals surface area contributed by atoms with Gasteiger partial charge >= 0.3 is 0 Å². The van der Waals surface area contributed by atoms with E-state index in [9.17, 15) is 4.79 Å². The molecule has 0 radical (unpaired) electrons. The highest BCUT2D eigenvalue weighted by atomic mass is 16.2. The second-order valence-electron chi connectivity index (χ2n) is 7.39. The number of hydrogen-bond donors (Lipinski definition) is 1. The van der Waals surface area contributed by atoms with Gasteiger partial charge in [-0.15, -0.1) is 0 Å². The van der Waals surface area contributed by atoms with Crippen LogP contribution in [-0.4, -0.2) is 54.5 Å². The van der Waals surface area contributed by atoms with E-state index >= 15 is 0 Å². The van der Waals surface area contributed by atoms with Crippen molar-refractivity contribution < 1.29 is 4.79 Å². The van der Waals surface area contributed by atoms with Gasteiger partial charge in [0.05, 0.1) is 0 Å². The summed E-state index contributed by atoms with van der Waals surface area (Å²) in [4.78, 5) is 17.1. The molecule has 2 aliphatic carbocycles. The van der Waals surface area contributed by atoms with Crippen LogP contribution >= 0.6 is 0 Å². The lowest BCUT2D eigenvalue weighted by atomic mass is 9.84. The van der Waals surface area contributed by atoms with Gasteiger partial charge in [-0.2, -0.15) is 0 Å². The zero-order valence-electron chi connectivity index (χ0n) is 13.3. The maximum Gasteiger partial charge on any atom is 0.225 e. The average molecular weight is 293 g/mol. The van der Waals surface area contributed by atoms with E-state index in [1.807, 2.05) is 0 Å². The fourth-order valence-corrected chi connectivity index (χ4v) is 4.02. The zero-order valence-corrected chi connectivity index (χ0v) is 13.3. The van der Waals surface area contributed by atoms with Crippen molar-refractivity contribution >= 4 is 5.91 Å². The van der Waals surface area contributed by atoms with Gasteiger partial charge in [0.2, 0.25) is 5.91 Å². The van der Waals surface area contributed by atoms with E-state index in [2.05, 4.69) is 9.80 Å². The number of amides is 1. The van der Waals surface area contributed by atoms with Gasteiger partial charge in [-0.25, -0.2) is 0 Å². The maximum absolute atomic E-state index is 12.4. The summed E-state index contributed by atoms with van der Waals surface area (Å²) in [5, 5.41) is 0. The Morgan fingerprint density at radius 1 is 0.905 bits per heavy atom. The third kappa shape index (κ3) is 3.98. The summed E-state index contributed by atoms with van der Waals surface area (Å²) in [6, 6.07) is 0.445. The predicted molar refractivity (Wildman–Crippen MR) is 84.9 cm³/mol. The first-order valence-electron chi connectivity index (χ1n) is 8.99. The van der Waals surface area contributed by atoms with Crippen molar-refractivity contribution in [2.75, 3.05) is 32.7 Å². The molecule has 0 aromatic heterocycles. The van der Waals surface area contributed by atoms with E-state index in [-0.39, 0.29) is 0 Å². The van der Waals surface area contributed by atoms with E-state index in [0.29, 0.717) is 17.9 Å². The van der Waals surface area contributed by atoms with Crippen molar-refractivity contribution in [2.24, 2.45) is 17.6 Å². The molecule has 0 spiro atoms. The molecule has 1 aliphatic heterocycles. The van der Waals surface area contributed by atoms with Gasteiger partial charge in [-0.05, 0) is 57.4 Å². The van der Waals surface area contributed by atoms with Gasteiger partial charge < -0.3 is 15.5 Å². The molecule has 0 aromatic carbocycles. The molecule has 0 atom stereocenters. The fourth-order valence-electron chi connectivity index (χ4n) is 4.02. The standard InChI is InChI=1S/C17H31N3O/c18-16-7-5-14(6-8-16)13-19-9-2-10-20(12-11-19)17(21)15-3-1-4-15/h14-16H,1-13,18H2. The normalized spacial score (nSPS) is 32.5. The Morgan fingerprint density at radius 3 is 2.33 bits per heavy atom. The van der Waals surface area contributed by atoms with E-state index in [4.69, 9.17) is 5.73 Å². The lowest BCUT2D eigenvalue weighted by Crippen LogP contribution is -2.41. The Balaban J connectivity index is 1.43. The van der Waals surface area contributed by atoms with Gasteiger partial charge in [0, 0.05) is 38.1 Å². The van der Waals surface area contributed by atoms with Gasteiger partial charge in [0.25, 0.3) is 0 Å². The van der Waals surface area contributed by atoms with Crippen molar-refractivity contribution in [2.45, 2.75) is 57.4 Å². The first-order chi connectivity index (χ1) is 10.2. The van der Waals surface area contributed by atoms with Gasteiger partial charge in [0.15, 0.2) is 0 Å². The molecule has 2 N–H and O–H groups in total. The monoisotopic (exact) mass is 293 g/mol. The predicted octanol–water partition coefficient (Wildman–Crippen LogP) is 1.84. The Hall–Kier alpha value is -0.610. The molecule has 0 aromatic rings. The van der Waals surface area contributed by atoms with Crippen LogP contribution in [0.5, 0.6) is 0 Å². The van der Waals surface area contributed by atoms with Crippen LogP contribution in [0.2, 0.25) is 0 Å². The van der Waals surface area contributed by atoms with Crippen LogP contribution in [-0.2, 0) is 4.79 Å². The van der Waals surface area contributed by atoms with Crippen molar-refractivity contribution in [1.82, 2.24) is 9.80 Å². The van der Waals surface area contributed by atoms with Crippen molar-refractivity contribution in [1.29, 1.82) is 0 Å². The topological polar surface area (TPSA) is 49.6 Å². The van der Waals surface area contributed by atoms with Crippen LogP contribution in [0.1, 0.15) is 51.4 Å². The highest BCUT2D eigenvalue weighted by molar-refractivity contribution is 5.79. The molecule has 4 nitrogen and oxygen atoms in total. The minimum absolute atomic E-state index is 0.358. The molecule has 21 heavy (non-hydrogen) atoms. The minimum atomic E-state index is 0.358. The maximum atomic E-state index is 12.4. The molecule has 1 heterocycles. The lowest BCUT2D eigenvalue weighted by Gasteiger charge is -2.32. The van der Waals surface area contributed by atoms with E-state index in [0.717, 1.165) is 51.4 Å². The van der Waals surface area contributed by atoms with Gasteiger partial charge in [0.1, 0.15) is 0 Å². The molecule has 3 rings (SSSR count). The molecule has 1 saturated heterocycles. The Bertz CT molecular complexity index is 348. The van der Waals surface area contributed by atoms with Crippen LogP contribution in [0.25, 0.3) is 0 Å². The molecule has 120 valence electrons. The Kier molecular flexibility index (Phi) is 5.17.